The van der Waals surface area contributed by atoms with Gasteiger partial charge in [0.2, 0.25) is 0 Å². The van der Waals surface area contributed by atoms with Gasteiger partial charge in [0.05, 0.1) is 20.8 Å². The molecule has 1 aliphatic heterocycles. The molecule has 4 nitrogen and oxygen atoms in total. The van der Waals surface area contributed by atoms with Gasteiger partial charge in [0, 0.05) is 13.0 Å². The minimum Gasteiger partial charge on any atom is -0.350 e. The van der Waals surface area contributed by atoms with Gasteiger partial charge in [-0.25, -0.2) is 0 Å². The molecule has 17 heavy (non-hydrogen) atoms. The van der Waals surface area contributed by atoms with Crippen LogP contribution in [-0.4, -0.2) is 23.2 Å². The summed E-state index contributed by atoms with van der Waals surface area (Å²) in [5.74, 6) is -0.347. The van der Waals surface area contributed by atoms with E-state index < -0.39 is 0 Å². The first kappa shape index (κ1) is 11.1. The number of rotatable bonds is 0. The highest BCUT2D eigenvalue weighted by atomic mass is 35.5. The van der Waals surface area contributed by atoms with Crippen LogP contribution in [0.2, 0.25) is 9.36 Å². The molecule has 0 bridgehead atoms. The molecule has 0 atom stereocenters. The van der Waals surface area contributed by atoms with Crippen molar-refractivity contribution < 1.29 is 9.59 Å². The molecule has 0 saturated carbocycles. The molecule has 7 heteroatoms. The van der Waals surface area contributed by atoms with Gasteiger partial charge in [0.1, 0.15) is 10.0 Å². The van der Waals surface area contributed by atoms with Crippen molar-refractivity contribution in [2.75, 3.05) is 6.54 Å². The zero-order valence-electron chi connectivity index (χ0n) is 8.39. The van der Waals surface area contributed by atoms with E-state index in [1.54, 1.807) is 0 Å². The molecule has 2 aromatic heterocycles. The zero-order valence-corrected chi connectivity index (χ0v) is 10.7. The van der Waals surface area contributed by atoms with Crippen LogP contribution in [0.5, 0.6) is 0 Å². The predicted molar refractivity (Wildman–Crippen MR) is 67.5 cm³/mol. The van der Waals surface area contributed by atoms with Gasteiger partial charge in [-0.15, -0.1) is 11.3 Å². The van der Waals surface area contributed by atoms with Gasteiger partial charge >= 0.3 is 0 Å². The fourth-order valence-corrected chi connectivity index (χ4v) is 3.49. The topological polar surface area (TPSA) is 62.0 Å². The fraction of sp³-hybridized carbons (Fsp3) is 0.200. The lowest BCUT2D eigenvalue weighted by Crippen LogP contribution is -2.23. The van der Waals surface area contributed by atoms with Crippen LogP contribution in [0.25, 0.3) is 10.2 Å². The van der Waals surface area contributed by atoms with Crippen molar-refractivity contribution in [3.8, 4) is 0 Å². The van der Waals surface area contributed by atoms with Crippen molar-refractivity contribution in [1.29, 1.82) is 0 Å². The Bertz CT molecular complexity index is 659. The Morgan fingerprint density at radius 1 is 1.24 bits per heavy atom. The molecule has 0 unspecified atom stereocenters. The summed E-state index contributed by atoms with van der Waals surface area (Å²) >= 11 is 13.1. The average Bonchev–Trinajstić information content (AvgIpc) is 2.73. The predicted octanol–water partition coefficient (Wildman–Crippen LogP) is 2.85. The lowest BCUT2D eigenvalue weighted by molar-refractivity contribution is 0.0952. The molecule has 0 saturated heterocycles. The van der Waals surface area contributed by atoms with Crippen LogP contribution in [0.3, 0.4) is 0 Å². The Morgan fingerprint density at radius 3 is 2.76 bits per heavy atom. The van der Waals surface area contributed by atoms with Crippen LogP contribution in [0, 0.1) is 0 Å². The minimum atomic E-state index is -0.276. The van der Waals surface area contributed by atoms with Gasteiger partial charge in [-0.2, -0.15) is 0 Å². The molecule has 0 aliphatic carbocycles. The van der Waals surface area contributed by atoms with E-state index in [0.717, 1.165) is 0 Å². The van der Waals surface area contributed by atoms with E-state index in [-0.39, 0.29) is 17.4 Å². The maximum Gasteiger partial charge on any atom is 0.268 e. The number of carbonyl (C=O) groups excluding carboxylic acids is 2. The van der Waals surface area contributed by atoms with Crippen molar-refractivity contribution in [1.82, 2.24) is 10.3 Å². The second-order valence-corrected chi connectivity index (χ2v) is 5.70. The van der Waals surface area contributed by atoms with E-state index in [4.69, 9.17) is 23.2 Å². The average molecular weight is 289 g/mol. The lowest BCUT2D eigenvalue weighted by atomic mass is 10.1. The minimum absolute atomic E-state index is 0.0702. The number of Topliss-reactive ketones (excluding diaryl/α,β-unsaturated/α-hetero) is 1. The molecule has 1 aliphatic rings. The molecule has 0 aromatic carbocycles. The van der Waals surface area contributed by atoms with Gasteiger partial charge in [-0.1, -0.05) is 23.2 Å². The summed E-state index contributed by atoms with van der Waals surface area (Å²) in [6, 6.07) is 0. The summed E-state index contributed by atoms with van der Waals surface area (Å²) in [6.07, 6.45) is 0.291. The van der Waals surface area contributed by atoms with Crippen molar-refractivity contribution in [2.45, 2.75) is 6.42 Å². The number of nitrogens with one attached hydrogen (secondary N) is 2. The second-order valence-electron chi connectivity index (χ2n) is 3.70. The molecule has 3 rings (SSSR count). The second kappa shape index (κ2) is 3.73. The number of ketones is 1. The molecule has 2 N–H and O–H groups in total. The van der Waals surface area contributed by atoms with Crippen LogP contribution in [0.4, 0.5) is 0 Å². The molecule has 2 aromatic rings. The molecular weight excluding hydrogens is 283 g/mol. The molecule has 0 spiro atoms. The number of thiophene rings is 1. The first-order chi connectivity index (χ1) is 8.09. The van der Waals surface area contributed by atoms with E-state index >= 15 is 0 Å². The molecule has 1 amide bonds. The zero-order chi connectivity index (χ0) is 12.2. The van der Waals surface area contributed by atoms with E-state index in [1.165, 1.54) is 11.3 Å². The smallest absolute Gasteiger partial charge is 0.268 e. The molecule has 0 radical (unpaired) electrons. The SMILES string of the molecule is O=C1NCCC(=O)c2c1[nH]c1c(Cl)c(Cl)sc21. The summed E-state index contributed by atoms with van der Waals surface area (Å²) in [5.41, 5.74) is 1.26. The third-order valence-corrected chi connectivity index (χ3v) is 4.68. The highest BCUT2D eigenvalue weighted by Gasteiger charge is 2.28. The summed E-state index contributed by atoms with van der Waals surface area (Å²) < 4.78 is 1.09. The number of H-pyrrole nitrogens is 1. The number of hydrogen-bond donors (Lipinski definition) is 2. The number of fused-ring (bicyclic) bond motifs is 3. The summed E-state index contributed by atoms with van der Waals surface area (Å²) in [4.78, 5) is 26.6. The molecule has 3 heterocycles. The molecular formula is C10H6Cl2N2O2S. The van der Waals surface area contributed by atoms with Crippen molar-refractivity contribution >= 4 is 56.4 Å². The quantitative estimate of drug-likeness (QED) is 0.783. The number of aromatic amines is 1. The Balaban J connectivity index is 2.39. The number of amides is 1. The number of halogens is 2. The first-order valence-electron chi connectivity index (χ1n) is 4.90. The van der Waals surface area contributed by atoms with E-state index in [1.807, 2.05) is 0 Å². The maximum atomic E-state index is 12.0. The van der Waals surface area contributed by atoms with Crippen LogP contribution in [0.1, 0.15) is 27.3 Å². The summed E-state index contributed by atoms with van der Waals surface area (Å²) in [7, 11) is 0. The van der Waals surface area contributed by atoms with Crippen molar-refractivity contribution in [3.05, 3.63) is 20.6 Å². The number of hydrogen-bond acceptors (Lipinski definition) is 3. The summed E-state index contributed by atoms with van der Waals surface area (Å²) in [5, 5.41) is 3.01. The largest absolute Gasteiger partial charge is 0.350 e. The van der Waals surface area contributed by atoms with Crippen LogP contribution >= 0.6 is 34.5 Å². The van der Waals surface area contributed by atoms with Crippen LogP contribution in [0.15, 0.2) is 0 Å². The lowest BCUT2D eigenvalue weighted by Gasteiger charge is -1.96. The Morgan fingerprint density at radius 2 is 2.00 bits per heavy atom. The Labute approximate surface area is 110 Å². The molecule has 88 valence electrons. The monoisotopic (exact) mass is 288 g/mol. The van der Waals surface area contributed by atoms with Crippen LogP contribution in [-0.2, 0) is 0 Å². The van der Waals surface area contributed by atoms with Gasteiger partial charge in [0.15, 0.2) is 5.78 Å². The Hall–Kier alpha value is -1.04. The highest BCUT2D eigenvalue weighted by molar-refractivity contribution is 7.23. The molecule has 0 fully saturated rings. The van der Waals surface area contributed by atoms with Gasteiger partial charge in [-0.3, -0.25) is 9.59 Å². The third-order valence-electron chi connectivity index (χ3n) is 2.68. The third kappa shape index (κ3) is 1.50. The number of carbonyl (C=O) groups is 2. The summed E-state index contributed by atoms with van der Waals surface area (Å²) in [6.45, 7) is 0.356. The van der Waals surface area contributed by atoms with Crippen molar-refractivity contribution in [3.63, 3.8) is 0 Å². The number of aromatic nitrogens is 1. The fourth-order valence-electron chi connectivity index (χ4n) is 1.91. The van der Waals surface area contributed by atoms with Crippen LogP contribution < -0.4 is 5.32 Å². The van der Waals surface area contributed by atoms with Gasteiger partial charge in [-0.05, 0) is 0 Å². The highest BCUT2D eigenvalue weighted by Crippen LogP contribution is 2.41. The maximum absolute atomic E-state index is 12.0. The van der Waals surface area contributed by atoms with Gasteiger partial charge in [0.25, 0.3) is 5.91 Å². The normalized spacial score (nSPS) is 15.9. The van der Waals surface area contributed by atoms with Gasteiger partial charge < -0.3 is 10.3 Å². The first-order valence-corrected chi connectivity index (χ1v) is 6.47. The Kier molecular flexibility index (Phi) is 2.43. The van der Waals surface area contributed by atoms with E-state index in [9.17, 15) is 9.59 Å². The standard InChI is InChI=1S/C10H6Cl2N2O2S/c11-5-7-8(17-9(5)12)4-3(15)1-2-13-10(16)6(4)14-7/h14H,1-2H2,(H,13,16). The van der Waals surface area contributed by atoms with E-state index in [2.05, 4.69) is 10.3 Å². The van der Waals surface area contributed by atoms with E-state index in [0.29, 0.717) is 38.1 Å². The van der Waals surface area contributed by atoms with Crippen molar-refractivity contribution in [2.24, 2.45) is 0 Å².